The molecule has 1 saturated heterocycles. The zero-order valence-electron chi connectivity index (χ0n) is 10.8. The largest absolute Gasteiger partial charge is 0.489 e. The van der Waals surface area contributed by atoms with E-state index >= 15 is 0 Å². The number of hydrogen-bond acceptors (Lipinski definition) is 2. The van der Waals surface area contributed by atoms with Gasteiger partial charge in [0.15, 0.2) is 0 Å². The molecule has 1 aliphatic heterocycles. The van der Waals surface area contributed by atoms with E-state index in [9.17, 15) is 0 Å². The Balaban J connectivity index is 1.67. The Morgan fingerprint density at radius 1 is 1.37 bits per heavy atom. The van der Waals surface area contributed by atoms with Crippen LogP contribution in [-0.4, -0.2) is 18.3 Å². The van der Waals surface area contributed by atoms with Crippen LogP contribution in [0.25, 0.3) is 0 Å². The van der Waals surface area contributed by atoms with Gasteiger partial charge in [0.1, 0.15) is 11.9 Å². The Bertz CT molecular complexity index is 457. The summed E-state index contributed by atoms with van der Waals surface area (Å²) in [5.41, 5.74) is 1.40. The molecule has 0 bridgehead atoms. The number of rotatable bonds is 3. The van der Waals surface area contributed by atoms with Crippen molar-refractivity contribution >= 4 is 31.9 Å². The van der Waals surface area contributed by atoms with Crippen LogP contribution < -0.4 is 4.74 Å². The monoisotopic (exact) mass is 388 g/mol. The maximum absolute atomic E-state index is 6.17. The standard InChI is InChI=1S/C15H18Br2O2/c16-10-11-2-3-14(13(17)8-11)19-12-4-7-18-15(9-12)5-1-6-15/h2-3,8,12H,1,4-7,9-10H2. The van der Waals surface area contributed by atoms with Gasteiger partial charge in [-0.1, -0.05) is 22.0 Å². The van der Waals surface area contributed by atoms with Crippen molar-refractivity contribution in [2.45, 2.75) is 49.1 Å². The first kappa shape index (κ1) is 13.9. The minimum Gasteiger partial charge on any atom is -0.489 e. The predicted octanol–water partition coefficient (Wildman–Crippen LogP) is 4.82. The molecule has 1 spiro atoms. The van der Waals surface area contributed by atoms with Crippen LogP contribution in [0.15, 0.2) is 22.7 Å². The Morgan fingerprint density at radius 3 is 2.84 bits per heavy atom. The Hall–Kier alpha value is -0.0600. The molecule has 104 valence electrons. The predicted molar refractivity (Wildman–Crippen MR) is 83.0 cm³/mol. The fraction of sp³-hybridized carbons (Fsp3) is 0.600. The minimum absolute atomic E-state index is 0.144. The lowest BCUT2D eigenvalue weighted by atomic mass is 9.74. The van der Waals surface area contributed by atoms with Gasteiger partial charge < -0.3 is 9.47 Å². The summed E-state index contributed by atoms with van der Waals surface area (Å²) >= 11 is 7.07. The molecule has 1 heterocycles. The highest BCUT2D eigenvalue weighted by Gasteiger charge is 2.43. The molecule has 4 heteroatoms. The molecule has 0 aromatic heterocycles. The highest BCUT2D eigenvalue weighted by molar-refractivity contribution is 9.10. The number of halogens is 2. The molecule has 0 N–H and O–H groups in total. The van der Waals surface area contributed by atoms with Gasteiger partial charge in [0.25, 0.3) is 0 Å². The van der Waals surface area contributed by atoms with Crippen LogP contribution >= 0.6 is 31.9 Å². The molecule has 1 saturated carbocycles. The highest BCUT2D eigenvalue weighted by Crippen LogP contribution is 2.43. The first-order chi connectivity index (χ1) is 9.21. The lowest BCUT2D eigenvalue weighted by Gasteiger charge is -2.46. The Kier molecular flexibility index (Phi) is 4.20. The van der Waals surface area contributed by atoms with Crippen LogP contribution in [0.5, 0.6) is 5.75 Å². The van der Waals surface area contributed by atoms with Gasteiger partial charge >= 0.3 is 0 Å². The Morgan fingerprint density at radius 2 is 2.21 bits per heavy atom. The SMILES string of the molecule is BrCc1ccc(OC2CCOC3(CCC3)C2)c(Br)c1. The summed E-state index contributed by atoms with van der Waals surface area (Å²) in [5.74, 6) is 0.950. The number of hydrogen-bond donors (Lipinski definition) is 0. The smallest absolute Gasteiger partial charge is 0.133 e. The maximum Gasteiger partial charge on any atom is 0.133 e. The summed E-state index contributed by atoms with van der Waals surface area (Å²) in [6, 6.07) is 6.28. The van der Waals surface area contributed by atoms with E-state index in [2.05, 4.69) is 50.1 Å². The summed E-state index contributed by atoms with van der Waals surface area (Å²) < 4.78 is 13.2. The highest BCUT2D eigenvalue weighted by atomic mass is 79.9. The first-order valence-corrected chi connectivity index (χ1v) is 8.77. The topological polar surface area (TPSA) is 18.5 Å². The molecule has 0 amide bonds. The summed E-state index contributed by atoms with van der Waals surface area (Å²) in [5, 5.41) is 0.867. The van der Waals surface area contributed by atoms with E-state index in [0.717, 1.165) is 35.0 Å². The quantitative estimate of drug-likeness (QED) is 0.689. The van der Waals surface area contributed by atoms with Gasteiger partial charge in [-0.15, -0.1) is 0 Å². The molecule has 1 unspecified atom stereocenters. The normalized spacial score (nSPS) is 25.1. The molecule has 1 aromatic carbocycles. The zero-order valence-corrected chi connectivity index (χ0v) is 14.0. The van der Waals surface area contributed by atoms with E-state index in [0.29, 0.717) is 6.10 Å². The molecule has 1 atom stereocenters. The summed E-state index contributed by atoms with van der Waals surface area (Å²) in [7, 11) is 0. The second kappa shape index (κ2) is 5.74. The molecule has 0 radical (unpaired) electrons. The molecule has 3 rings (SSSR count). The van der Waals surface area contributed by atoms with E-state index in [1.807, 2.05) is 0 Å². The third-order valence-electron chi connectivity index (χ3n) is 4.16. The number of alkyl halides is 1. The fourth-order valence-electron chi connectivity index (χ4n) is 2.91. The zero-order chi connectivity index (χ0) is 13.3. The minimum atomic E-state index is 0.144. The van der Waals surface area contributed by atoms with Gasteiger partial charge in [0, 0.05) is 18.2 Å². The van der Waals surface area contributed by atoms with Crippen LogP contribution in [-0.2, 0) is 10.1 Å². The molecule has 2 aliphatic rings. The van der Waals surface area contributed by atoms with Crippen LogP contribution in [0, 0.1) is 0 Å². The van der Waals surface area contributed by atoms with Gasteiger partial charge in [-0.2, -0.15) is 0 Å². The third-order valence-corrected chi connectivity index (χ3v) is 5.42. The van der Waals surface area contributed by atoms with E-state index in [4.69, 9.17) is 9.47 Å². The van der Waals surface area contributed by atoms with Crippen molar-refractivity contribution in [3.8, 4) is 5.75 Å². The fourth-order valence-corrected chi connectivity index (χ4v) is 3.77. The molecule has 1 aliphatic carbocycles. The van der Waals surface area contributed by atoms with Crippen molar-refractivity contribution in [1.29, 1.82) is 0 Å². The van der Waals surface area contributed by atoms with Crippen molar-refractivity contribution in [3.63, 3.8) is 0 Å². The lowest BCUT2D eigenvalue weighted by molar-refractivity contribution is -0.153. The van der Waals surface area contributed by atoms with Crippen LogP contribution in [0.3, 0.4) is 0 Å². The number of ether oxygens (including phenoxy) is 2. The summed E-state index contributed by atoms with van der Waals surface area (Å²) in [6.07, 6.45) is 6.04. The van der Waals surface area contributed by atoms with Gasteiger partial charge in [-0.05, 0) is 52.9 Å². The molecular formula is C15H18Br2O2. The van der Waals surface area contributed by atoms with Crippen LogP contribution in [0.1, 0.15) is 37.7 Å². The first-order valence-electron chi connectivity index (χ1n) is 6.86. The average molecular weight is 390 g/mol. The molecule has 19 heavy (non-hydrogen) atoms. The summed E-state index contributed by atoms with van der Waals surface area (Å²) in [6.45, 7) is 0.835. The van der Waals surface area contributed by atoms with Crippen molar-refractivity contribution in [1.82, 2.24) is 0 Å². The van der Waals surface area contributed by atoms with Gasteiger partial charge in [0.2, 0.25) is 0 Å². The van der Waals surface area contributed by atoms with Gasteiger partial charge in [-0.25, -0.2) is 0 Å². The van der Waals surface area contributed by atoms with Crippen molar-refractivity contribution < 1.29 is 9.47 Å². The molecular weight excluding hydrogens is 372 g/mol. The van der Waals surface area contributed by atoms with E-state index in [1.54, 1.807) is 0 Å². The second-order valence-corrected chi connectivity index (χ2v) is 6.93. The van der Waals surface area contributed by atoms with E-state index in [1.165, 1.54) is 24.8 Å². The van der Waals surface area contributed by atoms with Crippen molar-refractivity contribution in [2.24, 2.45) is 0 Å². The van der Waals surface area contributed by atoms with Gasteiger partial charge in [0.05, 0.1) is 16.7 Å². The van der Waals surface area contributed by atoms with E-state index in [-0.39, 0.29) is 5.60 Å². The molecule has 2 nitrogen and oxygen atoms in total. The maximum atomic E-state index is 6.17. The van der Waals surface area contributed by atoms with Crippen molar-refractivity contribution in [2.75, 3.05) is 6.61 Å². The Labute approximate surface area is 131 Å². The van der Waals surface area contributed by atoms with Crippen LogP contribution in [0.4, 0.5) is 0 Å². The number of benzene rings is 1. The molecule has 1 aromatic rings. The lowest BCUT2D eigenvalue weighted by Crippen LogP contribution is -2.48. The van der Waals surface area contributed by atoms with Gasteiger partial charge in [-0.3, -0.25) is 0 Å². The van der Waals surface area contributed by atoms with Crippen LogP contribution in [0.2, 0.25) is 0 Å². The third kappa shape index (κ3) is 3.01. The molecule has 2 fully saturated rings. The van der Waals surface area contributed by atoms with Crippen molar-refractivity contribution in [3.05, 3.63) is 28.2 Å². The summed E-state index contributed by atoms with van der Waals surface area (Å²) in [4.78, 5) is 0. The van der Waals surface area contributed by atoms with E-state index < -0.39 is 0 Å². The average Bonchev–Trinajstić information content (AvgIpc) is 2.39. The second-order valence-electron chi connectivity index (χ2n) is 5.52.